The largest absolute Gasteiger partial charge is 0.356 e. The maximum atomic E-state index is 13.3. The van der Waals surface area contributed by atoms with E-state index in [1.54, 1.807) is 6.07 Å². The van der Waals surface area contributed by atoms with Crippen LogP contribution in [0.4, 0.5) is 4.39 Å². The van der Waals surface area contributed by atoms with Crippen molar-refractivity contribution in [2.75, 3.05) is 12.4 Å². The zero-order chi connectivity index (χ0) is 12.0. The van der Waals surface area contributed by atoms with Gasteiger partial charge in [0.05, 0.1) is 6.42 Å². The summed E-state index contributed by atoms with van der Waals surface area (Å²) >= 11 is 11.3. The minimum Gasteiger partial charge on any atom is -0.356 e. The molecule has 0 saturated carbocycles. The Balaban J connectivity index is 2.56. The minimum atomic E-state index is -0.458. The Hall–Kier alpha value is -0.800. The summed E-state index contributed by atoms with van der Waals surface area (Å²) in [5.41, 5.74) is 0.229. The van der Waals surface area contributed by atoms with E-state index in [2.05, 4.69) is 5.32 Å². The van der Waals surface area contributed by atoms with E-state index in [1.165, 1.54) is 12.1 Å². The fraction of sp³-hybridized carbons (Fsp3) is 0.364. The molecule has 1 N–H and O–H groups in total. The molecule has 0 unspecified atom stereocenters. The minimum absolute atomic E-state index is 0.0478. The number of carbonyl (C=O) groups is 1. The second-order valence-corrected chi connectivity index (χ2v) is 4.05. The molecule has 1 aromatic carbocycles. The third-order valence-electron chi connectivity index (χ3n) is 2.03. The topological polar surface area (TPSA) is 29.1 Å². The third kappa shape index (κ3) is 3.99. The molecule has 2 nitrogen and oxygen atoms in total. The first-order valence-corrected chi connectivity index (χ1v) is 5.82. The van der Waals surface area contributed by atoms with Gasteiger partial charge in [-0.05, 0) is 18.6 Å². The lowest BCUT2D eigenvalue weighted by atomic mass is 10.1. The van der Waals surface area contributed by atoms with Crippen molar-refractivity contribution in [1.82, 2.24) is 5.32 Å². The van der Waals surface area contributed by atoms with Crippen molar-refractivity contribution in [2.24, 2.45) is 0 Å². The van der Waals surface area contributed by atoms with Crippen LogP contribution in [0.1, 0.15) is 12.0 Å². The fourth-order valence-corrected chi connectivity index (χ4v) is 1.58. The van der Waals surface area contributed by atoms with Crippen LogP contribution in [0.15, 0.2) is 18.2 Å². The van der Waals surface area contributed by atoms with Gasteiger partial charge in [0.1, 0.15) is 5.82 Å². The lowest BCUT2D eigenvalue weighted by molar-refractivity contribution is -0.120. The maximum Gasteiger partial charge on any atom is 0.224 e. The van der Waals surface area contributed by atoms with Gasteiger partial charge in [-0.15, -0.1) is 11.6 Å². The van der Waals surface area contributed by atoms with Crippen molar-refractivity contribution in [1.29, 1.82) is 0 Å². The van der Waals surface area contributed by atoms with Crippen LogP contribution in [0, 0.1) is 5.82 Å². The molecule has 0 aliphatic rings. The van der Waals surface area contributed by atoms with Gasteiger partial charge in [-0.1, -0.05) is 17.7 Å². The highest BCUT2D eigenvalue weighted by Crippen LogP contribution is 2.19. The lowest BCUT2D eigenvalue weighted by Crippen LogP contribution is -2.26. The first kappa shape index (κ1) is 13.3. The predicted octanol–water partition coefficient (Wildman–Crippen LogP) is 2.77. The van der Waals surface area contributed by atoms with Crippen molar-refractivity contribution in [3.63, 3.8) is 0 Å². The lowest BCUT2D eigenvalue weighted by Gasteiger charge is -2.06. The Labute approximate surface area is 104 Å². The van der Waals surface area contributed by atoms with Gasteiger partial charge < -0.3 is 5.32 Å². The molecule has 0 bridgehead atoms. The molecule has 5 heteroatoms. The number of hydrogen-bond acceptors (Lipinski definition) is 1. The number of rotatable bonds is 5. The summed E-state index contributed by atoms with van der Waals surface area (Å²) in [5.74, 6) is -0.224. The average molecular weight is 264 g/mol. The van der Waals surface area contributed by atoms with E-state index in [0.717, 1.165) is 0 Å². The van der Waals surface area contributed by atoms with Gasteiger partial charge in [0.2, 0.25) is 5.91 Å². The molecule has 0 aliphatic carbocycles. The molecule has 0 saturated heterocycles. The molecule has 0 fully saturated rings. The number of hydrogen-bond donors (Lipinski definition) is 1. The second-order valence-electron chi connectivity index (χ2n) is 3.27. The molecule has 16 heavy (non-hydrogen) atoms. The zero-order valence-corrected chi connectivity index (χ0v) is 10.1. The quantitative estimate of drug-likeness (QED) is 0.643. The molecule has 1 aromatic rings. The van der Waals surface area contributed by atoms with Gasteiger partial charge in [-0.25, -0.2) is 4.39 Å². The van der Waals surface area contributed by atoms with Gasteiger partial charge in [0, 0.05) is 23.0 Å². The number of benzene rings is 1. The summed E-state index contributed by atoms with van der Waals surface area (Å²) in [7, 11) is 0. The van der Waals surface area contributed by atoms with E-state index in [4.69, 9.17) is 23.2 Å². The van der Waals surface area contributed by atoms with Crippen molar-refractivity contribution < 1.29 is 9.18 Å². The van der Waals surface area contributed by atoms with Crippen LogP contribution in [-0.2, 0) is 11.2 Å². The fourth-order valence-electron chi connectivity index (χ4n) is 1.22. The molecular weight excluding hydrogens is 252 g/mol. The molecule has 0 radical (unpaired) electrons. The normalized spacial score (nSPS) is 10.2. The highest BCUT2D eigenvalue weighted by atomic mass is 35.5. The van der Waals surface area contributed by atoms with E-state index in [1.807, 2.05) is 0 Å². The van der Waals surface area contributed by atoms with Crippen molar-refractivity contribution in [2.45, 2.75) is 12.8 Å². The Bertz CT molecular complexity index is 351. The summed E-state index contributed by atoms with van der Waals surface area (Å²) < 4.78 is 13.3. The number of carbonyl (C=O) groups excluding carboxylic acids is 1. The highest BCUT2D eigenvalue weighted by Gasteiger charge is 2.11. The summed E-state index contributed by atoms with van der Waals surface area (Å²) in [6, 6.07) is 4.35. The molecule has 0 aromatic heterocycles. The monoisotopic (exact) mass is 263 g/mol. The van der Waals surface area contributed by atoms with Crippen LogP contribution in [0.25, 0.3) is 0 Å². The van der Waals surface area contributed by atoms with E-state index >= 15 is 0 Å². The van der Waals surface area contributed by atoms with E-state index in [0.29, 0.717) is 18.8 Å². The molecule has 0 aliphatic heterocycles. The van der Waals surface area contributed by atoms with Gasteiger partial charge in [-0.2, -0.15) is 0 Å². The third-order valence-corrected chi connectivity index (χ3v) is 2.65. The average Bonchev–Trinajstić information content (AvgIpc) is 2.24. The van der Waals surface area contributed by atoms with E-state index < -0.39 is 5.82 Å². The van der Waals surface area contributed by atoms with Crippen molar-refractivity contribution in [3.8, 4) is 0 Å². The highest BCUT2D eigenvalue weighted by molar-refractivity contribution is 6.31. The van der Waals surface area contributed by atoms with Crippen LogP contribution in [0.2, 0.25) is 5.02 Å². The van der Waals surface area contributed by atoms with Crippen LogP contribution < -0.4 is 5.32 Å². The number of amides is 1. The van der Waals surface area contributed by atoms with Crippen LogP contribution in [0.5, 0.6) is 0 Å². The second kappa shape index (κ2) is 6.71. The van der Waals surface area contributed by atoms with E-state index in [-0.39, 0.29) is 22.9 Å². The summed E-state index contributed by atoms with van der Waals surface area (Å²) in [4.78, 5) is 11.4. The Kier molecular flexibility index (Phi) is 5.56. The molecule has 0 atom stereocenters. The Morgan fingerprint density at radius 1 is 1.44 bits per heavy atom. The van der Waals surface area contributed by atoms with Crippen molar-refractivity contribution in [3.05, 3.63) is 34.6 Å². The first-order valence-electron chi connectivity index (χ1n) is 4.90. The standard InChI is InChI=1S/C11H12Cl2FNO/c12-5-2-6-15-11(16)7-8-9(13)3-1-4-10(8)14/h1,3-4H,2,5-7H2,(H,15,16). The Morgan fingerprint density at radius 2 is 2.19 bits per heavy atom. The number of halogens is 3. The predicted molar refractivity (Wildman–Crippen MR) is 63.5 cm³/mol. The number of nitrogens with one attached hydrogen (secondary N) is 1. The van der Waals surface area contributed by atoms with E-state index in [9.17, 15) is 9.18 Å². The van der Waals surface area contributed by atoms with Gasteiger partial charge in [0.15, 0.2) is 0 Å². The summed E-state index contributed by atoms with van der Waals surface area (Å²) in [5, 5.41) is 2.91. The SMILES string of the molecule is O=C(Cc1c(F)cccc1Cl)NCCCCl. The number of alkyl halides is 1. The summed E-state index contributed by atoms with van der Waals surface area (Å²) in [6.45, 7) is 0.494. The molecule has 1 amide bonds. The Morgan fingerprint density at radius 3 is 2.81 bits per heavy atom. The van der Waals surface area contributed by atoms with Gasteiger partial charge >= 0.3 is 0 Å². The van der Waals surface area contributed by atoms with Crippen molar-refractivity contribution >= 4 is 29.1 Å². The van der Waals surface area contributed by atoms with Crippen LogP contribution in [0.3, 0.4) is 0 Å². The molecule has 0 spiro atoms. The smallest absolute Gasteiger partial charge is 0.224 e. The molecular formula is C11H12Cl2FNO. The van der Waals surface area contributed by atoms with Crippen LogP contribution >= 0.6 is 23.2 Å². The van der Waals surface area contributed by atoms with Crippen LogP contribution in [-0.4, -0.2) is 18.3 Å². The maximum absolute atomic E-state index is 13.3. The first-order chi connectivity index (χ1) is 7.65. The summed E-state index contributed by atoms with van der Waals surface area (Å²) in [6.07, 6.45) is 0.645. The molecule has 0 heterocycles. The van der Waals surface area contributed by atoms with Gasteiger partial charge in [0.25, 0.3) is 0 Å². The zero-order valence-electron chi connectivity index (χ0n) is 8.60. The molecule has 88 valence electrons. The molecule has 1 rings (SSSR count). The van der Waals surface area contributed by atoms with Gasteiger partial charge in [-0.3, -0.25) is 4.79 Å².